The SMILES string of the molecule is Cc1cc[n+](C2=C(c3c(C)nn(-c4ccccc4)c3[O-])C(=O)N(Cc3ccccc3)C2=O)cc1. The van der Waals surface area contributed by atoms with Gasteiger partial charge in [0.1, 0.15) is 5.57 Å². The predicted octanol–water partition coefficient (Wildman–Crippen LogP) is 2.79. The maximum atomic E-state index is 13.7. The molecule has 0 unspecified atom stereocenters. The number of carbonyl (C=O) groups is 2. The lowest BCUT2D eigenvalue weighted by molar-refractivity contribution is -0.577. The Labute approximate surface area is 196 Å². The number of rotatable bonds is 5. The average molecular weight is 450 g/mol. The highest BCUT2D eigenvalue weighted by Gasteiger charge is 2.46. The number of aryl methyl sites for hydroxylation is 2. The van der Waals surface area contributed by atoms with Gasteiger partial charge in [0, 0.05) is 17.7 Å². The largest absolute Gasteiger partial charge is 0.858 e. The number of amides is 2. The molecule has 1 aliphatic rings. The van der Waals surface area contributed by atoms with Gasteiger partial charge in [0.05, 0.1) is 17.9 Å². The number of nitrogens with zero attached hydrogens (tertiary/aromatic N) is 4. The molecule has 168 valence electrons. The zero-order chi connectivity index (χ0) is 23.8. The molecule has 0 saturated carbocycles. The van der Waals surface area contributed by atoms with Gasteiger partial charge in [-0.25, -0.2) is 4.68 Å². The molecule has 2 aromatic heterocycles. The summed E-state index contributed by atoms with van der Waals surface area (Å²) in [6.45, 7) is 3.73. The number of hydrogen-bond acceptors (Lipinski definition) is 4. The van der Waals surface area contributed by atoms with Crippen LogP contribution in [0.15, 0.2) is 85.2 Å². The van der Waals surface area contributed by atoms with Gasteiger partial charge in [0.15, 0.2) is 12.4 Å². The lowest BCUT2D eigenvalue weighted by Gasteiger charge is -2.15. The third-order valence-electron chi connectivity index (χ3n) is 5.85. The van der Waals surface area contributed by atoms with Crippen LogP contribution in [-0.2, 0) is 16.1 Å². The van der Waals surface area contributed by atoms with Crippen LogP contribution in [0.3, 0.4) is 0 Å². The quantitative estimate of drug-likeness (QED) is 0.346. The molecule has 0 spiro atoms. The molecular formula is C27H22N4O3. The second-order valence-electron chi connectivity index (χ2n) is 8.20. The second kappa shape index (κ2) is 8.44. The van der Waals surface area contributed by atoms with Crippen molar-refractivity contribution in [1.29, 1.82) is 0 Å². The van der Waals surface area contributed by atoms with Gasteiger partial charge in [-0.2, -0.15) is 9.67 Å². The number of imide groups is 1. The van der Waals surface area contributed by atoms with Crippen molar-refractivity contribution in [3.05, 3.63) is 108 Å². The normalized spacial score (nSPS) is 13.8. The van der Waals surface area contributed by atoms with Crippen molar-refractivity contribution in [1.82, 2.24) is 14.7 Å². The minimum absolute atomic E-state index is 0.0689. The van der Waals surface area contributed by atoms with Gasteiger partial charge in [0.25, 0.3) is 11.6 Å². The van der Waals surface area contributed by atoms with Crippen LogP contribution in [0, 0.1) is 13.8 Å². The maximum Gasteiger partial charge on any atom is 0.327 e. The first-order valence-corrected chi connectivity index (χ1v) is 10.9. The Bertz CT molecular complexity index is 1420. The summed E-state index contributed by atoms with van der Waals surface area (Å²) in [6.07, 6.45) is 3.45. The van der Waals surface area contributed by atoms with Crippen LogP contribution < -0.4 is 9.67 Å². The standard InChI is InChI=1S/C27H22N4O3/c1-18-13-15-29(16-14-18)24-23(25(32)30(27(24)34)17-20-9-5-3-6-10-20)22-19(2)28-31(26(22)33)21-11-7-4-8-12-21/h3-16H,17H2,1-2H3. The van der Waals surface area contributed by atoms with E-state index in [4.69, 9.17) is 0 Å². The molecule has 34 heavy (non-hydrogen) atoms. The van der Waals surface area contributed by atoms with Gasteiger partial charge in [-0.05, 0) is 43.0 Å². The summed E-state index contributed by atoms with van der Waals surface area (Å²) in [7, 11) is 0. The fourth-order valence-corrected chi connectivity index (χ4v) is 4.13. The lowest BCUT2D eigenvalue weighted by atomic mass is 10.0. The Balaban J connectivity index is 1.68. The van der Waals surface area contributed by atoms with Gasteiger partial charge >= 0.3 is 5.91 Å². The third kappa shape index (κ3) is 3.57. The van der Waals surface area contributed by atoms with Crippen LogP contribution in [0.5, 0.6) is 5.88 Å². The van der Waals surface area contributed by atoms with E-state index in [1.54, 1.807) is 36.0 Å². The number of para-hydroxylation sites is 1. The predicted molar refractivity (Wildman–Crippen MR) is 124 cm³/mol. The highest BCUT2D eigenvalue weighted by Crippen LogP contribution is 2.37. The molecule has 2 amide bonds. The van der Waals surface area contributed by atoms with E-state index in [2.05, 4.69) is 5.10 Å². The number of hydrogen-bond donors (Lipinski definition) is 0. The number of benzene rings is 2. The molecule has 0 saturated heterocycles. The minimum atomic E-state index is -0.510. The molecule has 0 N–H and O–H groups in total. The van der Waals surface area contributed by atoms with E-state index in [1.165, 1.54) is 9.58 Å². The molecule has 7 heteroatoms. The van der Waals surface area contributed by atoms with Crippen LogP contribution in [0.25, 0.3) is 17.0 Å². The molecule has 0 fully saturated rings. The van der Waals surface area contributed by atoms with E-state index >= 15 is 0 Å². The van der Waals surface area contributed by atoms with E-state index < -0.39 is 17.7 Å². The van der Waals surface area contributed by atoms with Crippen molar-refractivity contribution in [2.24, 2.45) is 0 Å². The Morgan fingerprint density at radius 3 is 2.12 bits per heavy atom. The molecule has 5 rings (SSSR count). The summed E-state index contributed by atoms with van der Waals surface area (Å²) in [6, 6.07) is 22.0. The molecule has 0 aliphatic carbocycles. The Kier molecular flexibility index (Phi) is 5.30. The molecular weight excluding hydrogens is 428 g/mol. The molecule has 2 aromatic carbocycles. The van der Waals surface area contributed by atoms with E-state index in [0.29, 0.717) is 11.4 Å². The van der Waals surface area contributed by atoms with Crippen molar-refractivity contribution >= 4 is 23.1 Å². The van der Waals surface area contributed by atoms with Gasteiger partial charge in [-0.15, -0.1) is 0 Å². The maximum absolute atomic E-state index is 13.7. The van der Waals surface area contributed by atoms with Crippen molar-refractivity contribution in [2.45, 2.75) is 20.4 Å². The van der Waals surface area contributed by atoms with Crippen LogP contribution in [0.1, 0.15) is 22.4 Å². The fraction of sp³-hybridized carbons (Fsp3) is 0.111. The number of aromatic nitrogens is 3. The first-order chi connectivity index (χ1) is 16.5. The summed E-state index contributed by atoms with van der Waals surface area (Å²) >= 11 is 0. The highest BCUT2D eigenvalue weighted by atomic mass is 16.3. The topological polar surface area (TPSA) is 82.1 Å². The first kappa shape index (κ1) is 21.3. The van der Waals surface area contributed by atoms with Crippen molar-refractivity contribution < 1.29 is 19.3 Å². The zero-order valence-electron chi connectivity index (χ0n) is 18.8. The van der Waals surface area contributed by atoms with Gasteiger partial charge in [-0.1, -0.05) is 48.5 Å². The Morgan fingerprint density at radius 2 is 1.47 bits per heavy atom. The molecule has 4 aromatic rings. The van der Waals surface area contributed by atoms with Crippen molar-refractivity contribution in [2.75, 3.05) is 0 Å². The van der Waals surface area contributed by atoms with Crippen LogP contribution in [-0.4, -0.2) is 26.5 Å². The van der Waals surface area contributed by atoms with E-state index in [9.17, 15) is 14.7 Å². The molecule has 0 atom stereocenters. The summed E-state index contributed by atoms with van der Waals surface area (Å²) in [4.78, 5) is 28.5. The van der Waals surface area contributed by atoms with E-state index in [0.717, 1.165) is 11.1 Å². The fourth-order valence-electron chi connectivity index (χ4n) is 4.13. The minimum Gasteiger partial charge on any atom is -0.858 e. The van der Waals surface area contributed by atoms with Crippen LogP contribution in [0.4, 0.5) is 0 Å². The lowest BCUT2D eigenvalue weighted by Crippen LogP contribution is -2.39. The molecule has 0 bridgehead atoms. The highest BCUT2D eigenvalue weighted by molar-refractivity contribution is 6.44. The van der Waals surface area contributed by atoms with Gasteiger partial charge in [-0.3, -0.25) is 14.5 Å². The molecule has 1 aliphatic heterocycles. The number of carbonyl (C=O) groups excluding carboxylic acids is 2. The first-order valence-electron chi connectivity index (χ1n) is 10.9. The molecule has 3 heterocycles. The zero-order valence-corrected chi connectivity index (χ0v) is 18.8. The van der Waals surface area contributed by atoms with Gasteiger partial charge < -0.3 is 5.11 Å². The third-order valence-corrected chi connectivity index (χ3v) is 5.85. The van der Waals surface area contributed by atoms with E-state index in [1.807, 2.05) is 67.6 Å². The van der Waals surface area contributed by atoms with Gasteiger partial charge in [0.2, 0.25) is 0 Å². The van der Waals surface area contributed by atoms with Crippen LogP contribution >= 0.6 is 0 Å². The summed E-state index contributed by atoms with van der Waals surface area (Å²) in [5.74, 6) is -1.40. The van der Waals surface area contributed by atoms with Crippen LogP contribution in [0.2, 0.25) is 0 Å². The summed E-state index contributed by atoms with van der Waals surface area (Å²) in [5, 5.41) is 17.9. The van der Waals surface area contributed by atoms with Crippen molar-refractivity contribution in [3.63, 3.8) is 0 Å². The Morgan fingerprint density at radius 1 is 0.853 bits per heavy atom. The summed E-state index contributed by atoms with van der Waals surface area (Å²) < 4.78 is 2.87. The smallest absolute Gasteiger partial charge is 0.327 e. The number of pyridine rings is 1. The second-order valence-corrected chi connectivity index (χ2v) is 8.20. The Hall–Kier alpha value is -4.52. The average Bonchev–Trinajstić information content (AvgIpc) is 3.27. The van der Waals surface area contributed by atoms with E-state index in [-0.39, 0.29) is 23.4 Å². The molecule has 0 radical (unpaired) electrons. The summed E-state index contributed by atoms with van der Waals surface area (Å²) in [5.41, 5.74) is 3.15. The monoisotopic (exact) mass is 450 g/mol. The molecule has 7 nitrogen and oxygen atoms in total. The van der Waals surface area contributed by atoms with Crippen molar-refractivity contribution in [3.8, 4) is 11.6 Å².